The van der Waals surface area contributed by atoms with Crippen molar-refractivity contribution in [1.29, 1.82) is 0 Å². The Hall–Kier alpha value is -3.35. The first kappa shape index (κ1) is 15.5. The van der Waals surface area contributed by atoms with Gasteiger partial charge in [0.2, 0.25) is 0 Å². The van der Waals surface area contributed by atoms with Gasteiger partial charge in [-0.1, -0.05) is 12.1 Å². The summed E-state index contributed by atoms with van der Waals surface area (Å²) in [4.78, 5) is 28.3. The molecule has 122 valence electrons. The Morgan fingerprint density at radius 1 is 1.25 bits per heavy atom. The summed E-state index contributed by atoms with van der Waals surface area (Å²) >= 11 is 0. The van der Waals surface area contributed by atoms with Crippen LogP contribution < -0.4 is 10.3 Å². The highest BCUT2D eigenvalue weighted by Crippen LogP contribution is 2.23. The number of phenolic OH excluding ortho intramolecular Hbond substituents is 1. The predicted molar refractivity (Wildman–Crippen MR) is 87.3 cm³/mol. The molecule has 7 heteroatoms. The second-order valence-corrected chi connectivity index (χ2v) is 5.15. The van der Waals surface area contributed by atoms with E-state index >= 15 is 0 Å². The van der Waals surface area contributed by atoms with Gasteiger partial charge in [0.1, 0.15) is 23.7 Å². The van der Waals surface area contributed by atoms with Crippen LogP contribution in [0.3, 0.4) is 0 Å². The molecule has 2 N–H and O–H groups in total. The van der Waals surface area contributed by atoms with Gasteiger partial charge in [0.15, 0.2) is 0 Å². The average Bonchev–Trinajstić information content (AvgIpc) is 2.56. The number of hydrogen-bond acceptors (Lipinski definition) is 5. The van der Waals surface area contributed by atoms with E-state index in [1.165, 1.54) is 19.2 Å². The van der Waals surface area contributed by atoms with Gasteiger partial charge in [-0.15, -0.1) is 0 Å². The number of aromatic nitrogens is 2. The molecule has 0 spiro atoms. The van der Waals surface area contributed by atoms with E-state index in [2.05, 4.69) is 4.98 Å². The van der Waals surface area contributed by atoms with Crippen LogP contribution in [0.5, 0.6) is 11.5 Å². The zero-order valence-electron chi connectivity index (χ0n) is 12.8. The number of carboxylic acids is 1. The van der Waals surface area contributed by atoms with Gasteiger partial charge in [-0.2, -0.15) is 0 Å². The molecule has 0 bridgehead atoms. The number of carbonyl (C=O) groups is 1. The molecule has 24 heavy (non-hydrogen) atoms. The van der Waals surface area contributed by atoms with Crippen LogP contribution in [0.4, 0.5) is 0 Å². The first-order chi connectivity index (χ1) is 11.5. The van der Waals surface area contributed by atoms with Crippen molar-refractivity contribution in [1.82, 2.24) is 9.55 Å². The van der Waals surface area contributed by atoms with Crippen molar-refractivity contribution < 1.29 is 19.7 Å². The number of fused-ring (bicyclic) bond motifs is 1. The zero-order chi connectivity index (χ0) is 17.3. The summed E-state index contributed by atoms with van der Waals surface area (Å²) < 4.78 is 6.26. The number of benzene rings is 2. The van der Waals surface area contributed by atoms with Crippen molar-refractivity contribution in [2.24, 2.45) is 0 Å². The lowest BCUT2D eigenvalue weighted by Crippen LogP contribution is -2.27. The van der Waals surface area contributed by atoms with Gasteiger partial charge >= 0.3 is 5.97 Å². The van der Waals surface area contributed by atoms with Crippen LogP contribution in [0.15, 0.2) is 47.3 Å². The largest absolute Gasteiger partial charge is 0.508 e. The number of aromatic hydroxyl groups is 1. The first-order valence-corrected chi connectivity index (χ1v) is 7.09. The quantitative estimate of drug-likeness (QED) is 0.759. The molecule has 0 aliphatic heterocycles. The fourth-order valence-electron chi connectivity index (χ4n) is 2.48. The fourth-order valence-corrected chi connectivity index (χ4v) is 2.48. The third-order valence-electron chi connectivity index (χ3n) is 3.57. The first-order valence-electron chi connectivity index (χ1n) is 7.09. The number of carboxylic acid groups (broad SMARTS) is 1. The lowest BCUT2D eigenvalue weighted by Gasteiger charge is -2.12. The summed E-state index contributed by atoms with van der Waals surface area (Å²) in [6, 6.07) is 11.0. The van der Waals surface area contributed by atoms with Crippen molar-refractivity contribution in [2.45, 2.75) is 6.54 Å². The number of aliphatic carboxylic acids is 1. The Bertz CT molecular complexity index is 994. The molecule has 0 unspecified atom stereocenters. The molecule has 0 radical (unpaired) electrons. The Morgan fingerprint density at radius 2 is 2.04 bits per heavy atom. The van der Waals surface area contributed by atoms with E-state index in [1.807, 2.05) is 0 Å². The summed E-state index contributed by atoms with van der Waals surface area (Å²) in [5.41, 5.74) is 0.756. The van der Waals surface area contributed by atoms with E-state index in [9.17, 15) is 14.7 Å². The molecule has 2 aromatic carbocycles. The molecule has 0 saturated carbocycles. The SMILES string of the molecule is COc1ccc2nc(-c3cccc(O)c3)c(=O)n(CC(=O)O)c2c1. The van der Waals surface area contributed by atoms with Crippen LogP contribution in [-0.2, 0) is 11.3 Å². The van der Waals surface area contributed by atoms with E-state index in [-0.39, 0.29) is 11.4 Å². The summed E-state index contributed by atoms with van der Waals surface area (Å²) in [7, 11) is 1.48. The lowest BCUT2D eigenvalue weighted by atomic mass is 10.1. The molecule has 0 atom stereocenters. The highest BCUT2D eigenvalue weighted by Gasteiger charge is 2.15. The molecule has 3 aromatic rings. The molecule has 1 aromatic heterocycles. The molecule has 0 amide bonds. The lowest BCUT2D eigenvalue weighted by molar-refractivity contribution is -0.137. The maximum Gasteiger partial charge on any atom is 0.323 e. The molecule has 0 saturated heterocycles. The van der Waals surface area contributed by atoms with E-state index < -0.39 is 18.1 Å². The van der Waals surface area contributed by atoms with E-state index in [1.54, 1.807) is 30.3 Å². The predicted octanol–water partition coefficient (Wildman–Crippen LogP) is 1.86. The summed E-state index contributed by atoms with van der Waals surface area (Å²) in [6.07, 6.45) is 0. The van der Waals surface area contributed by atoms with Crippen molar-refractivity contribution in [3.8, 4) is 22.8 Å². The molecular weight excluding hydrogens is 312 g/mol. The second kappa shape index (κ2) is 6.04. The number of ether oxygens (including phenoxy) is 1. The van der Waals surface area contributed by atoms with Gasteiger partial charge in [0.05, 0.1) is 18.1 Å². The summed E-state index contributed by atoms with van der Waals surface area (Å²) in [5.74, 6) is -0.657. The smallest absolute Gasteiger partial charge is 0.323 e. The van der Waals surface area contributed by atoms with Gasteiger partial charge < -0.3 is 14.9 Å². The highest BCUT2D eigenvalue weighted by molar-refractivity contribution is 5.81. The van der Waals surface area contributed by atoms with Gasteiger partial charge in [-0.3, -0.25) is 14.2 Å². The topological polar surface area (TPSA) is 102 Å². The van der Waals surface area contributed by atoms with Gasteiger partial charge in [0, 0.05) is 11.6 Å². The minimum atomic E-state index is -1.14. The zero-order valence-corrected chi connectivity index (χ0v) is 12.8. The van der Waals surface area contributed by atoms with Gasteiger partial charge in [0.25, 0.3) is 5.56 Å². The number of rotatable bonds is 4. The van der Waals surface area contributed by atoms with Crippen LogP contribution in [0.2, 0.25) is 0 Å². The highest BCUT2D eigenvalue weighted by atomic mass is 16.5. The van der Waals surface area contributed by atoms with Crippen molar-refractivity contribution >= 4 is 17.0 Å². The molecule has 7 nitrogen and oxygen atoms in total. The monoisotopic (exact) mass is 326 g/mol. The van der Waals surface area contributed by atoms with Crippen LogP contribution in [0.25, 0.3) is 22.3 Å². The third-order valence-corrected chi connectivity index (χ3v) is 3.57. The normalized spacial score (nSPS) is 10.7. The number of methoxy groups -OCH3 is 1. The van der Waals surface area contributed by atoms with E-state index in [4.69, 9.17) is 9.84 Å². The van der Waals surface area contributed by atoms with Crippen molar-refractivity contribution in [3.63, 3.8) is 0 Å². The number of hydrogen-bond donors (Lipinski definition) is 2. The van der Waals surface area contributed by atoms with Gasteiger partial charge in [-0.05, 0) is 24.3 Å². The maximum atomic E-state index is 12.7. The van der Waals surface area contributed by atoms with Crippen LogP contribution >= 0.6 is 0 Å². The Kier molecular flexibility index (Phi) is 3.91. The molecule has 3 rings (SSSR count). The molecule has 0 aliphatic carbocycles. The maximum absolute atomic E-state index is 12.7. The second-order valence-electron chi connectivity index (χ2n) is 5.15. The Morgan fingerprint density at radius 3 is 2.71 bits per heavy atom. The van der Waals surface area contributed by atoms with Crippen LogP contribution in [-0.4, -0.2) is 32.8 Å². The fraction of sp³-hybridized carbons (Fsp3) is 0.118. The van der Waals surface area contributed by atoms with E-state index in [0.717, 1.165) is 4.57 Å². The molecule has 0 fully saturated rings. The Balaban J connectivity index is 2.34. The summed E-state index contributed by atoms with van der Waals surface area (Å²) in [6.45, 7) is -0.503. The Labute approximate surface area is 136 Å². The molecular formula is C17H14N2O5. The number of nitrogens with zero attached hydrogens (tertiary/aromatic N) is 2. The van der Waals surface area contributed by atoms with Crippen LogP contribution in [0.1, 0.15) is 0 Å². The average molecular weight is 326 g/mol. The molecule has 0 aliphatic rings. The van der Waals surface area contributed by atoms with Crippen LogP contribution in [0, 0.1) is 0 Å². The number of phenols is 1. The minimum Gasteiger partial charge on any atom is -0.508 e. The van der Waals surface area contributed by atoms with E-state index in [0.29, 0.717) is 22.3 Å². The van der Waals surface area contributed by atoms with Crippen molar-refractivity contribution in [3.05, 3.63) is 52.8 Å². The third kappa shape index (κ3) is 2.79. The van der Waals surface area contributed by atoms with Gasteiger partial charge in [-0.25, -0.2) is 4.98 Å². The minimum absolute atomic E-state index is 0.00619. The standard InChI is InChI=1S/C17H14N2O5/c1-24-12-5-6-13-14(8-12)19(9-15(21)22)17(23)16(18-13)10-3-2-4-11(20)7-10/h2-8,20H,9H2,1H3,(H,21,22). The van der Waals surface area contributed by atoms with Crippen molar-refractivity contribution in [2.75, 3.05) is 7.11 Å². The summed E-state index contributed by atoms with van der Waals surface area (Å²) in [5, 5.41) is 18.7. The molecule has 1 heterocycles.